The first-order chi connectivity index (χ1) is 4.49. The molecule has 1 fully saturated rings. The summed E-state index contributed by atoms with van der Waals surface area (Å²) in [5.41, 5.74) is 5.38. The first-order valence-corrected chi connectivity index (χ1v) is 3.31. The second-order valence-electron chi connectivity index (χ2n) is 3.02. The number of hydrogen-bond acceptors (Lipinski definition) is 2. The van der Waals surface area contributed by atoms with E-state index < -0.39 is 5.92 Å². The van der Waals surface area contributed by atoms with Gasteiger partial charge in [0, 0.05) is 19.0 Å². The molecule has 0 aliphatic carbocycles. The van der Waals surface area contributed by atoms with Gasteiger partial charge in [0.25, 0.3) is 5.92 Å². The maximum Gasteiger partial charge on any atom is 0.262 e. The van der Waals surface area contributed by atoms with Crippen LogP contribution >= 0.6 is 0 Å². The van der Waals surface area contributed by atoms with Gasteiger partial charge >= 0.3 is 0 Å². The van der Waals surface area contributed by atoms with E-state index >= 15 is 0 Å². The van der Waals surface area contributed by atoms with Gasteiger partial charge in [-0.3, -0.25) is 4.90 Å². The summed E-state index contributed by atoms with van der Waals surface area (Å²) in [7, 11) is 1.66. The molecule has 0 aromatic rings. The van der Waals surface area contributed by atoms with E-state index in [0.717, 1.165) is 0 Å². The molecule has 60 valence electrons. The highest BCUT2D eigenvalue weighted by atomic mass is 19.3. The summed E-state index contributed by atoms with van der Waals surface area (Å²) in [6, 6.07) is -0.367. The van der Waals surface area contributed by atoms with Gasteiger partial charge in [-0.15, -0.1) is 0 Å². The minimum Gasteiger partial charge on any atom is -0.326 e. The van der Waals surface area contributed by atoms with Gasteiger partial charge in [0.05, 0.1) is 6.54 Å². The maximum atomic E-state index is 12.6. The van der Waals surface area contributed by atoms with E-state index in [1.807, 2.05) is 0 Å². The van der Waals surface area contributed by atoms with Gasteiger partial charge in [0.15, 0.2) is 0 Å². The van der Waals surface area contributed by atoms with Crippen molar-refractivity contribution in [1.29, 1.82) is 0 Å². The predicted molar refractivity (Wildman–Crippen MR) is 35.0 cm³/mol. The third kappa shape index (κ3) is 1.88. The summed E-state index contributed by atoms with van der Waals surface area (Å²) in [4.78, 5) is 1.56. The molecule has 0 bridgehead atoms. The van der Waals surface area contributed by atoms with Crippen molar-refractivity contribution in [3.63, 3.8) is 0 Å². The van der Waals surface area contributed by atoms with Crippen LogP contribution in [-0.2, 0) is 0 Å². The fraction of sp³-hybridized carbons (Fsp3) is 1.00. The van der Waals surface area contributed by atoms with Crippen LogP contribution in [0.1, 0.15) is 6.42 Å². The van der Waals surface area contributed by atoms with Crippen LogP contribution < -0.4 is 5.73 Å². The summed E-state index contributed by atoms with van der Waals surface area (Å²) in [6.45, 7) is 0.427. The van der Waals surface area contributed by atoms with Crippen molar-refractivity contribution < 1.29 is 8.78 Å². The monoisotopic (exact) mass is 150 g/mol. The van der Waals surface area contributed by atoms with Gasteiger partial charge in [-0.2, -0.15) is 0 Å². The van der Waals surface area contributed by atoms with Crippen molar-refractivity contribution in [3.8, 4) is 0 Å². The lowest BCUT2D eigenvalue weighted by atomic mass is 10.0. The Labute approximate surface area is 59.0 Å². The van der Waals surface area contributed by atoms with E-state index in [1.54, 1.807) is 11.9 Å². The van der Waals surface area contributed by atoms with Crippen molar-refractivity contribution in [2.24, 2.45) is 5.73 Å². The number of hydrogen-bond donors (Lipinski definition) is 1. The normalized spacial score (nSPS) is 34.2. The molecule has 1 saturated heterocycles. The third-order valence-electron chi connectivity index (χ3n) is 1.61. The van der Waals surface area contributed by atoms with Crippen LogP contribution in [0.4, 0.5) is 8.78 Å². The lowest BCUT2D eigenvalue weighted by Gasteiger charge is -2.33. The molecule has 1 rings (SSSR count). The molecule has 1 aliphatic rings. The van der Waals surface area contributed by atoms with Crippen LogP contribution in [0, 0.1) is 0 Å². The van der Waals surface area contributed by atoms with Crippen LogP contribution in [0.25, 0.3) is 0 Å². The average Bonchev–Trinajstić information content (AvgIpc) is 1.54. The van der Waals surface area contributed by atoms with E-state index in [1.165, 1.54) is 0 Å². The highest BCUT2D eigenvalue weighted by Gasteiger charge is 2.37. The van der Waals surface area contributed by atoms with Crippen LogP contribution in [0.5, 0.6) is 0 Å². The molecule has 0 spiro atoms. The molecule has 0 unspecified atom stereocenters. The molecule has 1 aliphatic heterocycles. The Morgan fingerprint density at radius 3 is 2.60 bits per heavy atom. The molecular formula is C6H12F2N2. The number of likely N-dealkylation sites (N-methyl/N-ethyl adjacent to an activating group) is 1. The first-order valence-electron chi connectivity index (χ1n) is 3.31. The lowest BCUT2D eigenvalue weighted by molar-refractivity contribution is -0.0636. The molecule has 0 saturated carbocycles. The zero-order valence-electron chi connectivity index (χ0n) is 5.98. The van der Waals surface area contributed by atoms with Gasteiger partial charge in [-0.25, -0.2) is 8.78 Å². The zero-order valence-corrected chi connectivity index (χ0v) is 5.98. The molecule has 1 atom stereocenters. The Morgan fingerprint density at radius 1 is 1.60 bits per heavy atom. The molecule has 0 amide bonds. The third-order valence-corrected chi connectivity index (χ3v) is 1.61. The van der Waals surface area contributed by atoms with Crippen molar-refractivity contribution in [1.82, 2.24) is 4.90 Å². The lowest BCUT2D eigenvalue weighted by Crippen LogP contribution is -2.50. The largest absolute Gasteiger partial charge is 0.326 e. The minimum atomic E-state index is -2.58. The van der Waals surface area contributed by atoms with E-state index in [-0.39, 0.29) is 19.0 Å². The van der Waals surface area contributed by atoms with Crippen molar-refractivity contribution in [2.75, 3.05) is 20.1 Å². The molecule has 2 nitrogen and oxygen atoms in total. The number of nitrogens with zero attached hydrogens (tertiary/aromatic N) is 1. The Hall–Kier alpha value is -0.220. The van der Waals surface area contributed by atoms with E-state index in [0.29, 0.717) is 6.54 Å². The maximum absolute atomic E-state index is 12.6. The van der Waals surface area contributed by atoms with Crippen LogP contribution in [-0.4, -0.2) is 37.0 Å². The van der Waals surface area contributed by atoms with E-state index in [9.17, 15) is 8.78 Å². The average molecular weight is 150 g/mol. The highest BCUT2D eigenvalue weighted by molar-refractivity contribution is 4.84. The van der Waals surface area contributed by atoms with Gasteiger partial charge in [-0.05, 0) is 7.05 Å². The Bertz CT molecular complexity index is 115. The second-order valence-corrected chi connectivity index (χ2v) is 3.02. The number of likely N-dealkylation sites (tertiary alicyclic amines) is 1. The number of piperidine rings is 1. The predicted octanol–water partition coefficient (Wildman–Crippen LogP) is 0.285. The quantitative estimate of drug-likeness (QED) is 0.537. The number of alkyl halides is 2. The van der Waals surface area contributed by atoms with Crippen LogP contribution in [0.3, 0.4) is 0 Å². The molecule has 2 N–H and O–H groups in total. The first kappa shape index (κ1) is 7.88. The molecule has 0 aromatic heterocycles. The van der Waals surface area contributed by atoms with Gasteiger partial charge in [0.1, 0.15) is 0 Å². The van der Waals surface area contributed by atoms with Crippen molar-refractivity contribution >= 4 is 0 Å². The number of halogens is 2. The summed E-state index contributed by atoms with van der Waals surface area (Å²) < 4.78 is 25.2. The van der Waals surface area contributed by atoms with Crippen molar-refractivity contribution in [3.05, 3.63) is 0 Å². The van der Waals surface area contributed by atoms with E-state index in [4.69, 9.17) is 5.73 Å². The topological polar surface area (TPSA) is 29.3 Å². The van der Waals surface area contributed by atoms with Gasteiger partial charge in [-0.1, -0.05) is 0 Å². The standard InChI is InChI=1S/C6H12F2N2/c1-10-3-5(9)2-6(7,8)4-10/h5H,2-4,9H2,1H3/t5-/m1/s1. The number of rotatable bonds is 0. The molecule has 4 heteroatoms. The summed E-state index contributed by atoms with van der Waals surface area (Å²) in [5.74, 6) is -2.58. The van der Waals surface area contributed by atoms with Gasteiger partial charge in [0.2, 0.25) is 0 Å². The minimum absolute atomic E-state index is 0.152. The molecule has 0 radical (unpaired) electrons. The van der Waals surface area contributed by atoms with Crippen LogP contribution in [0.2, 0.25) is 0 Å². The molecule has 0 aromatic carbocycles. The molecule has 10 heavy (non-hydrogen) atoms. The smallest absolute Gasteiger partial charge is 0.262 e. The summed E-state index contributed by atoms with van der Waals surface area (Å²) in [5, 5.41) is 0. The van der Waals surface area contributed by atoms with Crippen LogP contribution in [0.15, 0.2) is 0 Å². The zero-order chi connectivity index (χ0) is 7.78. The van der Waals surface area contributed by atoms with Crippen molar-refractivity contribution in [2.45, 2.75) is 18.4 Å². The second kappa shape index (κ2) is 2.43. The molecule has 1 heterocycles. The van der Waals surface area contributed by atoms with Gasteiger partial charge < -0.3 is 5.73 Å². The fourth-order valence-electron chi connectivity index (χ4n) is 1.37. The molecular weight excluding hydrogens is 138 g/mol. The highest BCUT2D eigenvalue weighted by Crippen LogP contribution is 2.24. The summed E-state index contributed by atoms with van der Waals surface area (Å²) in [6.07, 6.45) is -0.169. The fourth-order valence-corrected chi connectivity index (χ4v) is 1.37. The SMILES string of the molecule is CN1C[C@H](N)CC(F)(F)C1. The Balaban J connectivity index is 2.51. The Morgan fingerprint density at radius 2 is 2.20 bits per heavy atom. The summed E-state index contributed by atoms with van der Waals surface area (Å²) >= 11 is 0. The number of nitrogens with two attached hydrogens (primary N) is 1. The Kier molecular flexibility index (Phi) is 1.92. The van der Waals surface area contributed by atoms with E-state index in [2.05, 4.69) is 0 Å².